The van der Waals surface area contributed by atoms with E-state index in [1.807, 2.05) is 60.7 Å². The van der Waals surface area contributed by atoms with Gasteiger partial charge in [-0.15, -0.1) is 0 Å². The molecule has 5 rings (SSSR count). The molecule has 0 amide bonds. The number of hydrogen-bond donors (Lipinski definition) is 0. The maximum absolute atomic E-state index is 11.7. The minimum absolute atomic E-state index is 0.00873. The first kappa shape index (κ1) is 48.1. The van der Waals surface area contributed by atoms with E-state index < -0.39 is 23.7 Å². The van der Waals surface area contributed by atoms with E-state index in [2.05, 4.69) is 91.7 Å². The molecule has 64 heavy (non-hydrogen) atoms. The molecule has 0 atom stereocenters. The molecule has 0 aliphatic carbocycles. The Morgan fingerprint density at radius 2 is 0.812 bits per heavy atom. The summed E-state index contributed by atoms with van der Waals surface area (Å²) in [6, 6.07) is 41.2. The van der Waals surface area contributed by atoms with E-state index in [0.717, 1.165) is 56.0 Å². The number of anilines is 3. The number of hydrogen-bond acceptors (Lipinski definition) is 11. The zero-order valence-electron chi connectivity index (χ0n) is 36.9. The van der Waals surface area contributed by atoms with Crippen LogP contribution in [0, 0.1) is 6.92 Å². The van der Waals surface area contributed by atoms with Crippen LogP contribution in [0.4, 0.5) is 17.1 Å². The number of esters is 3. The van der Waals surface area contributed by atoms with Crippen molar-refractivity contribution in [2.75, 3.05) is 44.5 Å². The Morgan fingerprint density at radius 1 is 0.469 bits per heavy atom. The molecule has 0 bridgehead atoms. The normalized spacial score (nSPS) is 11.1. The smallest absolute Gasteiger partial charge is 0.374 e. The first-order chi connectivity index (χ1) is 30.9. The number of benzene rings is 5. The highest BCUT2D eigenvalue weighted by Crippen LogP contribution is 2.36. The summed E-state index contributed by atoms with van der Waals surface area (Å²) in [5.74, 6) is -2.38. The Kier molecular flexibility index (Phi) is 18.5. The van der Waals surface area contributed by atoms with Crippen molar-refractivity contribution < 1.29 is 47.6 Å². The fourth-order valence-electron chi connectivity index (χ4n) is 6.16. The first-order valence-corrected chi connectivity index (χ1v) is 20.9. The van der Waals surface area contributed by atoms with Crippen molar-refractivity contribution in [1.82, 2.24) is 0 Å². The van der Waals surface area contributed by atoms with E-state index in [0.29, 0.717) is 31.0 Å². The van der Waals surface area contributed by atoms with Gasteiger partial charge in [0.1, 0.15) is 19.8 Å². The van der Waals surface area contributed by atoms with Gasteiger partial charge in [-0.3, -0.25) is 4.79 Å². The molecule has 0 unspecified atom stereocenters. The Hall–Kier alpha value is -6.92. The summed E-state index contributed by atoms with van der Waals surface area (Å²) < 4.78 is 32.3. The first-order valence-electron chi connectivity index (χ1n) is 20.9. The second-order valence-electron chi connectivity index (χ2n) is 15.1. The van der Waals surface area contributed by atoms with Gasteiger partial charge in [-0.2, -0.15) is 0 Å². The lowest BCUT2D eigenvalue weighted by atomic mass is 9.94. The fourth-order valence-corrected chi connectivity index (χ4v) is 6.16. The van der Waals surface area contributed by atoms with E-state index in [1.165, 1.54) is 12.5 Å². The SMILES string of the molecule is C=C(C)C(=O)OCCOCc1ccc(N(c2ccc(C=C(c3ccc(C)cc3)c3ccc(COCCOC(=O)C(C)=O)cc3)cc2)c2ccc(COCCOC(=O)C(=C)C)cc2)cc1. The van der Waals surface area contributed by atoms with E-state index in [-0.39, 0.29) is 39.6 Å². The number of carbonyl (C=O) groups is 4. The third-order valence-electron chi connectivity index (χ3n) is 9.65. The predicted molar refractivity (Wildman–Crippen MR) is 248 cm³/mol. The van der Waals surface area contributed by atoms with Crippen LogP contribution in [-0.4, -0.2) is 63.3 Å². The molecule has 0 saturated heterocycles. The Morgan fingerprint density at radius 3 is 1.19 bits per heavy atom. The number of rotatable bonds is 24. The van der Waals surface area contributed by atoms with Gasteiger partial charge >= 0.3 is 17.9 Å². The average Bonchev–Trinajstić information content (AvgIpc) is 3.29. The maximum Gasteiger partial charge on any atom is 0.374 e. The van der Waals surface area contributed by atoms with E-state index in [4.69, 9.17) is 28.4 Å². The Bertz CT molecular complexity index is 2300. The topological polar surface area (TPSA) is 127 Å². The molecule has 0 spiro atoms. The number of aryl methyl sites for hydroxylation is 1. The lowest BCUT2D eigenvalue weighted by Gasteiger charge is -2.26. The van der Waals surface area contributed by atoms with Gasteiger partial charge in [0.25, 0.3) is 0 Å². The third-order valence-corrected chi connectivity index (χ3v) is 9.65. The van der Waals surface area contributed by atoms with Crippen LogP contribution >= 0.6 is 0 Å². The van der Waals surface area contributed by atoms with Crippen LogP contribution in [0.3, 0.4) is 0 Å². The fraction of sp³-hybridized carbons (Fsp3) is 0.245. The summed E-state index contributed by atoms with van der Waals surface area (Å²) >= 11 is 0. The van der Waals surface area contributed by atoms with Crippen molar-refractivity contribution in [1.29, 1.82) is 0 Å². The average molecular weight is 866 g/mol. The van der Waals surface area contributed by atoms with Crippen molar-refractivity contribution in [3.8, 4) is 0 Å². The number of ether oxygens (including phenoxy) is 6. The van der Waals surface area contributed by atoms with Crippen LogP contribution in [0.1, 0.15) is 59.7 Å². The molecule has 0 fully saturated rings. The number of nitrogens with zero attached hydrogens (tertiary/aromatic N) is 1. The molecule has 11 nitrogen and oxygen atoms in total. The molecular formula is C53H55NO10. The Balaban J connectivity index is 1.35. The van der Waals surface area contributed by atoms with Gasteiger partial charge in [-0.05, 0) is 102 Å². The van der Waals surface area contributed by atoms with Gasteiger partial charge in [-0.1, -0.05) is 104 Å². The van der Waals surface area contributed by atoms with E-state index in [9.17, 15) is 19.2 Å². The van der Waals surface area contributed by atoms with Crippen LogP contribution in [0.5, 0.6) is 0 Å². The Labute approximate surface area is 375 Å². The molecule has 0 aliphatic heterocycles. The van der Waals surface area contributed by atoms with Gasteiger partial charge in [0.15, 0.2) is 0 Å². The number of ketones is 1. The molecule has 0 radical (unpaired) electrons. The third kappa shape index (κ3) is 15.2. The minimum atomic E-state index is -0.867. The largest absolute Gasteiger partial charge is 0.460 e. The van der Waals surface area contributed by atoms with E-state index >= 15 is 0 Å². The summed E-state index contributed by atoms with van der Waals surface area (Å²) in [6.07, 6.45) is 2.18. The van der Waals surface area contributed by atoms with Crippen molar-refractivity contribution in [2.45, 2.75) is 47.5 Å². The lowest BCUT2D eigenvalue weighted by molar-refractivity contribution is -0.154. The van der Waals surface area contributed by atoms with Crippen molar-refractivity contribution >= 4 is 52.4 Å². The van der Waals surface area contributed by atoms with Crippen LogP contribution in [-0.2, 0) is 67.4 Å². The summed E-state index contributed by atoms with van der Waals surface area (Å²) in [5.41, 5.74) is 11.7. The standard InChI is InChI=1S/C53H55NO10/c1-37(2)51(56)62-30-27-59-35-43-13-23-48(24-14-43)54(49-25-15-44(16-26-49)36-60-28-31-63-52(57)38(3)4)47-21-11-41(12-22-47)33-50(45-17-7-39(5)8-18-45)46-19-9-42(10-20-46)34-61-29-32-64-53(58)40(6)55/h7-26,33H,1,3,27-32,34-36H2,2,4-6H3. The monoisotopic (exact) mass is 865 g/mol. The molecule has 0 N–H and O–H groups in total. The summed E-state index contributed by atoms with van der Waals surface area (Å²) in [5, 5.41) is 0. The highest BCUT2D eigenvalue weighted by molar-refractivity contribution is 6.32. The molecule has 5 aromatic rings. The molecule has 0 heterocycles. The summed E-state index contributed by atoms with van der Waals surface area (Å²) in [6.45, 7) is 15.7. The quantitative estimate of drug-likeness (QED) is 0.0147. The molecule has 11 heteroatoms. The highest BCUT2D eigenvalue weighted by Gasteiger charge is 2.15. The highest BCUT2D eigenvalue weighted by atomic mass is 16.6. The zero-order chi connectivity index (χ0) is 45.8. The van der Waals surface area contributed by atoms with Crippen LogP contribution in [0.25, 0.3) is 11.6 Å². The van der Waals surface area contributed by atoms with Crippen molar-refractivity contribution in [3.05, 3.63) is 185 Å². The predicted octanol–water partition coefficient (Wildman–Crippen LogP) is 9.97. The maximum atomic E-state index is 11.7. The number of Topliss-reactive ketones (excluding diaryl/α,β-unsaturated/α-hetero) is 1. The summed E-state index contributed by atoms with van der Waals surface area (Å²) in [4.78, 5) is 48.0. The van der Waals surface area contributed by atoms with Gasteiger partial charge in [0.2, 0.25) is 5.78 Å². The molecule has 0 aromatic heterocycles. The van der Waals surface area contributed by atoms with Crippen molar-refractivity contribution in [3.63, 3.8) is 0 Å². The zero-order valence-corrected chi connectivity index (χ0v) is 36.9. The lowest BCUT2D eigenvalue weighted by Crippen LogP contribution is -2.16. The second-order valence-corrected chi connectivity index (χ2v) is 15.1. The molecule has 5 aromatic carbocycles. The summed E-state index contributed by atoms with van der Waals surface area (Å²) in [7, 11) is 0. The second kappa shape index (κ2) is 24.6. The minimum Gasteiger partial charge on any atom is -0.460 e. The van der Waals surface area contributed by atoms with E-state index in [1.54, 1.807) is 13.8 Å². The van der Waals surface area contributed by atoms with Crippen LogP contribution in [0.2, 0.25) is 0 Å². The van der Waals surface area contributed by atoms with Crippen molar-refractivity contribution in [2.24, 2.45) is 0 Å². The molecule has 0 saturated carbocycles. The van der Waals surface area contributed by atoms with Gasteiger partial charge < -0.3 is 33.3 Å². The van der Waals surface area contributed by atoms with Gasteiger partial charge in [0.05, 0.1) is 39.6 Å². The van der Waals surface area contributed by atoms with Crippen LogP contribution in [0.15, 0.2) is 146 Å². The number of carbonyl (C=O) groups excluding carboxylic acids is 4. The molecule has 332 valence electrons. The van der Waals surface area contributed by atoms with Gasteiger partial charge in [0, 0.05) is 35.1 Å². The molecular weight excluding hydrogens is 811 g/mol. The van der Waals surface area contributed by atoms with Gasteiger partial charge in [-0.25, -0.2) is 14.4 Å². The molecule has 0 aliphatic rings. The van der Waals surface area contributed by atoms with Crippen LogP contribution < -0.4 is 4.90 Å².